The van der Waals surface area contributed by atoms with Gasteiger partial charge in [0.25, 0.3) is 0 Å². The average molecular weight is 369 g/mol. The van der Waals surface area contributed by atoms with Gasteiger partial charge >= 0.3 is 0 Å². The summed E-state index contributed by atoms with van der Waals surface area (Å²) in [6.07, 6.45) is 7.12. The van der Waals surface area contributed by atoms with Gasteiger partial charge in [0.05, 0.1) is 39.3 Å². The van der Waals surface area contributed by atoms with Gasteiger partial charge in [0.2, 0.25) is 0 Å². The first kappa shape index (κ1) is 16.3. The van der Waals surface area contributed by atoms with Crippen LogP contribution in [0.1, 0.15) is 37.7 Å². The fourth-order valence-corrected chi connectivity index (χ4v) is 4.59. The van der Waals surface area contributed by atoms with Crippen molar-refractivity contribution < 1.29 is 14.5 Å². The number of methoxy groups -OCH3 is 1. The maximum absolute atomic E-state index is 5.52. The van der Waals surface area contributed by atoms with Gasteiger partial charge in [-0.15, -0.1) is 0 Å². The fourth-order valence-electron chi connectivity index (χ4n) is 4.18. The number of piperidine rings is 2. The first-order chi connectivity index (χ1) is 10.8. The molecule has 2 fully saturated rings. The zero-order valence-electron chi connectivity index (χ0n) is 13.7. The van der Waals surface area contributed by atoms with E-state index in [0.717, 1.165) is 22.8 Å². The third-order valence-electron chi connectivity index (χ3n) is 5.45. The quantitative estimate of drug-likeness (QED) is 0.813. The smallest absolute Gasteiger partial charge is 0.127 e. The summed E-state index contributed by atoms with van der Waals surface area (Å²) in [6.45, 7) is 6.54. The minimum Gasteiger partial charge on any atom is -0.496 e. The average Bonchev–Trinajstić information content (AvgIpc) is 2.57. The van der Waals surface area contributed by atoms with E-state index in [-0.39, 0.29) is 0 Å². The highest BCUT2D eigenvalue weighted by Gasteiger charge is 2.30. The molecule has 0 atom stereocenters. The standard InChI is InChI=1S/C18H27BrN2O/c1-22-18-6-5-16(19)13-15(18)14-20-11-7-17(8-12-20)21-9-3-2-4-10-21/h5-6,13,17H,2-4,7-12,14H2,1H3/p+2. The van der Waals surface area contributed by atoms with Gasteiger partial charge in [-0.2, -0.15) is 0 Å². The number of likely N-dealkylation sites (tertiary alicyclic amines) is 2. The SMILES string of the molecule is COc1ccc(Br)cc1C[NH+]1CCC([NH+]2CCCCC2)CC1. The van der Waals surface area contributed by atoms with E-state index in [1.54, 1.807) is 12.0 Å². The van der Waals surface area contributed by atoms with Gasteiger partial charge in [0, 0.05) is 22.9 Å². The summed E-state index contributed by atoms with van der Waals surface area (Å²) in [7, 11) is 1.77. The van der Waals surface area contributed by atoms with E-state index < -0.39 is 0 Å². The molecule has 2 aliphatic rings. The van der Waals surface area contributed by atoms with Gasteiger partial charge < -0.3 is 14.5 Å². The number of ether oxygens (including phenoxy) is 1. The summed E-state index contributed by atoms with van der Waals surface area (Å²) in [5, 5.41) is 0. The predicted octanol–water partition coefficient (Wildman–Crippen LogP) is 1.07. The molecule has 0 amide bonds. The van der Waals surface area contributed by atoms with Crippen molar-refractivity contribution in [3.05, 3.63) is 28.2 Å². The summed E-state index contributed by atoms with van der Waals surface area (Å²) in [5.41, 5.74) is 1.33. The van der Waals surface area contributed by atoms with Gasteiger partial charge in [0.15, 0.2) is 0 Å². The lowest BCUT2D eigenvalue weighted by molar-refractivity contribution is -0.965. The van der Waals surface area contributed by atoms with Gasteiger partial charge in [-0.25, -0.2) is 0 Å². The molecule has 1 aromatic rings. The number of benzene rings is 1. The molecule has 0 radical (unpaired) electrons. The Morgan fingerprint density at radius 3 is 2.50 bits per heavy atom. The Morgan fingerprint density at radius 1 is 1.09 bits per heavy atom. The van der Waals surface area contributed by atoms with Crippen molar-refractivity contribution in [1.29, 1.82) is 0 Å². The summed E-state index contributed by atoms with van der Waals surface area (Å²) < 4.78 is 6.67. The minimum absolute atomic E-state index is 0.924. The predicted molar refractivity (Wildman–Crippen MR) is 92.7 cm³/mol. The van der Waals surface area contributed by atoms with Crippen LogP contribution in [-0.2, 0) is 6.54 Å². The molecule has 3 nitrogen and oxygen atoms in total. The van der Waals surface area contributed by atoms with Crippen LogP contribution in [0.2, 0.25) is 0 Å². The number of hydrogen-bond acceptors (Lipinski definition) is 1. The largest absolute Gasteiger partial charge is 0.496 e. The second-order valence-electron chi connectivity index (χ2n) is 6.88. The number of halogens is 1. The fraction of sp³-hybridized carbons (Fsp3) is 0.667. The van der Waals surface area contributed by atoms with Crippen LogP contribution in [0.15, 0.2) is 22.7 Å². The molecule has 2 aliphatic heterocycles. The monoisotopic (exact) mass is 368 g/mol. The Hall–Kier alpha value is -0.580. The topological polar surface area (TPSA) is 18.1 Å². The molecule has 2 saturated heterocycles. The molecule has 3 rings (SSSR count). The molecule has 2 heterocycles. The molecule has 0 aromatic heterocycles. The van der Waals surface area contributed by atoms with Crippen LogP contribution in [0, 0.1) is 0 Å². The summed E-state index contributed by atoms with van der Waals surface area (Å²) >= 11 is 3.58. The first-order valence-corrected chi connectivity index (χ1v) is 9.56. The summed E-state index contributed by atoms with van der Waals surface area (Å²) in [4.78, 5) is 3.61. The Morgan fingerprint density at radius 2 is 1.82 bits per heavy atom. The molecule has 0 saturated carbocycles. The van der Waals surface area contributed by atoms with E-state index in [2.05, 4.69) is 34.1 Å². The minimum atomic E-state index is 0.924. The molecule has 2 N–H and O–H groups in total. The zero-order chi connectivity index (χ0) is 15.4. The molecule has 4 heteroatoms. The molecule has 22 heavy (non-hydrogen) atoms. The van der Waals surface area contributed by atoms with Crippen LogP contribution in [0.4, 0.5) is 0 Å². The van der Waals surface area contributed by atoms with Gasteiger partial charge in [0.1, 0.15) is 12.3 Å². The van der Waals surface area contributed by atoms with E-state index in [9.17, 15) is 0 Å². The van der Waals surface area contributed by atoms with E-state index in [4.69, 9.17) is 4.74 Å². The second kappa shape index (κ2) is 7.80. The highest BCUT2D eigenvalue weighted by Crippen LogP contribution is 2.22. The van der Waals surface area contributed by atoms with Crippen LogP contribution in [0.5, 0.6) is 5.75 Å². The number of quaternary nitrogens is 2. The molecule has 1 aromatic carbocycles. The lowest BCUT2D eigenvalue weighted by Gasteiger charge is -2.36. The number of nitrogens with one attached hydrogen (secondary N) is 2. The van der Waals surface area contributed by atoms with Crippen molar-refractivity contribution in [2.75, 3.05) is 33.3 Å². The summed E-state index contributed by atoms with van der Waals surface area (Å²) in [6, 6.07) is 7.27. The normalized spacial score (nSPS) is 26.8. The molecule has 0 bridgehead atoms. The number of rotatable bonds is 4. The molecular weight excluding hydrogens is 340 g/mol. The van der Waals surface area contributed by atoms with Crippen LogP contribution < -0.4 is 14.5 Å². The second-order valence-corrected chi connectivity index (χ2v) is 7.79. The summed E-state index contributed by atoms with van der Waals surface area (Å²) in [5.74, 6) is 1.03. The molecule has 122 valence electrons. The third-order valence-corrected chi connectivity index (χ3v) is 5.94. The third kappa shape index (κ3) is 4.03. The Bertz CT molecular complexity index is 480. The van der Waals surface area contributed by atoms with E-state index in [1.807, 2.05) is 4.90 Å². The first-order valence-electron chi connectivity index (χ1n) is 8.77. The highest BCUT2D eigenvalue weighted by molar-refractivity contribution is 9.10. The van der Waals surface area contributed by atoms with Crippen molar-refractivity contribution in [1.82, 2.24) is 0 Å². The van der Waals surface area contributed by atoms with Crippen LogP contribution >= 0.6 is 15.9 Å². The van der Waals surface area contributed by atoms with E-state index in [0.29, 0.717) is 0 Å². The van der Waals surface area contributed by atoms with Crippen molar-refractivity contribution in [3.8, 4) is 5.75 Å². The highest BCUT2D eigenvalue weighted by atomic mass is 79.9. The van der Waals surface area contributed by atoms with E-state index in [1.165, 1.54) is 63.8 Å². The lowest BCUT2D eigenvalue weighted by Crippen LogP contribution is -3.20. The van der Waals surface area contributed by atoms with Crippen molar-refractivity contribution in [2.45, 2.75) is 44.7 Å². The maximum Gasteiger partial charge on any atom is 0.127 e. The Kier molecular flexibility index (Phi) is 5.77. The van der Waals surface area contributed by atoms with Crippen LogP contribution in [0.25, 0.3) is 0 Å². The van der Waals surface area contributed by atoms with Gasteiger partial charge in [-0.05, 0) is 37.5 Å². The Balaban J connectivity index is 1.54. The molecule has 0 unspecified atom stereocenters. The molecule has 0 spiro atoms. The van der Waals surface area contributed by atoms with Crippen molar-refractivity contribution in [3.63, 3.8) is 0 Å². The molecule has 0 aliphatic carbocycles. The maximum atomic E-state index is 5.52. The van der Waals surface area contributed by atoms with E-state index >= 15 is 0 Å². The zero-order valence-corrected chi connectivity index (χ0v) is 15.3. The van der Waals surface area contributed by atoms with Crippen molar-refractivity contribution in [2.24, 2.45) is 0 Å². The number of hydrogen-bond donors (Lipinski definition) is 2. The lowest BCUT2D eigenvalue weighted by atomic mass is 9.99. The Labute approximate surface area is 142 Å². The van der Waals surface area contributed by atoms with Gasteiger partial charge in [-0.3, -0.25) is 0 Å². The molecular formula is C18H29BrN2O+2. The van der Waals surface area contributed by atoms with Crippen LogP contribution in [-0.4, -0.2) is 39.3 Å². The van der Waals surface area contributed by atoms with Crippen molar-refractivity contribution >= 4 is 15.9 Å². The van der Waals surface area contributed by atoms with Gasteiger partial charge in [-0.1, -0.05) is 15.9 Å². The van der Waals surface area contributed by atoms with Crippen LogP contribution in [0.3, 0.4) is 0 Å².